The minimum Gasteiger partial charge on any atom is -0.461 e. The summed E-state index contributed by atoms with van der Waals surface area (Å²) < 4.78 is 16.2. The third-order valence-corrected chi connectivity index (χ3v) is 7.48. The van der Waals surface area contributed by atoms with Gasteiger partial charge in [-0.15, -0.1) is 0 Å². The zero-order chi connectivity index (χ0) is 34.4. The molecule has 10 heteroatoms. The van der Waals surface area contributed by atoms with Crippen molar-refractivity contribution in [1.82, 2.24) is 10.6 Å². The SMILES string of the molecule is CCCCCCCC(=O)NC(CC(=O)OCc1ccccc1)C(=O)NC(CCC(=O)OCc1ccccc1)C(=O)OCc1ccccc1. The predicted octanol–water partition coefficient (Wildman–Crippen LogP) is 5.72. The Morgan fingerprint density at radius 2 is 1.06 bits per heavy atom. The summed E-state index contributed by atoms with van der Waals surface area (Å²) in [6, 6.07) is 24.7. The second kappa shape index (κ2) is 21.7. The van der Waals surface area contributed by atoms with Crippen molar-refractivity contribution in [2.24, 2.45) is 0 Å². The molecular formula is C38H46N2O8. The molecule has 2 N–H and O–H groups in total. The quantitative estimate of drug-likeness (QED) is 0.0843. The van der Waals surface area contributed by atoms with Crippen molar-refractivity contribution in [2.45, 2.75) is 96.6 Å². The van der Waals surface area contributed by atoms with Gasteiger partial charge in [0.05, 0.1) is 6.42 Å². The van der Waals surface area contributed by atoms with Gasteiger partial charge in [0, 0.05) is 12.8 Å². The van der Waals surface area contributed by atoms with Crippen LogP contribution in [-0.4, -0.2) is 41.8 Å². The van der Waals surface area contributed by atoms with Crippen LogP contribution in [0.25, 0.3) is 0 Å². The number of esters is 3. The standard InChI is InChI=1S/C38H46N2O8/c1-2-3-4-5-15-22-34(41)39-33(25-36(43)47-27-30-18-11-7-12-19-30)37(44)40-32(38(45)48-28-31-20-13-8-14-21-31)23-24-35(42)46-26-29-16-9-6-10-17-29/h6-14,16-21,32-33H,2-5,15,22-28H2,1H3,(H,39,41)(H,40,44). The lowest BCUT2D eigenvalue weighted by Crippen LogP contribution is -2.52. The maximum Gasteiger partial charge on any atom is 0.328 e. The fourth-order valence-corrected chi connectivity index (χ4v) is 4.75. The van der Waals surface area contributed by atoms with Gasteiger partial charge in [0.15, 0.2) is 0 Å². The molecule has 0 heterocycles. The molecule has 0 spiro atoms. The van der Waals surface area contributed by atoms with Crippen LogP contribution in [0.2, 0.25) is 0 Å². The lowest BCUT2D eigenvalue weighted by Gasteiger charge is -2.22. The number of nitrogens with one attached hydrogen (secondary N) is 2. The molecule has 2 atom stereocenters. The molecular weight excluding hydrogens is 612 g/mol. The summed E-state index contributed by atoms with van der Waals surface area (Å²) in [5, 5.41) is 5.25. The van der Waals surface area contributed by atoms with E-state index in [0.29, 0.717) is 6.42 Å². The van der Waals surface area contributed by atoms with Crippen LogP contribution >= 0.6 is 0 Å². The van der Waals surface area contributed by atoms with Crippen molar-refractivity contribution >= 4 is 29.7 Å². The van der Waals surface area contributed by atoms with Gasteiger partial charge in [-0.05, 0) is 29.5 Å². The molecule has 256 valence electrons. The van der Waals surface area contributed by atoms with Crippen LogP contribution < -0.4 is 10.6 Å². The number of ether oxygens (including phenoxy) is 3. The van der Waals surface area contributed by atoms with E-state index >= 15 is 0 Å². The van der Waals surface area contributed by atoms with Crippen molar-refractivity contribution in [3.05, 3.63) is 108 Å². The van der Waals surface area contributed by atoms with Gasteiger partial charge >= 0.3 is 17.9 Å². The van der Waals surface area contributed by atoms with E-state index in [1.54, 1.807) is 36.4 Å². The summed E-state index contributed by atoms with van der Waals surface area (Å²) in [7, 11) is 0. The molecule has 10 nitrogen and oxygen atoms in total. The molecule has 48 heavy (non-hydrogen) atoms. The molecule has 0 aliphatic carbocycles. The Labute approximate surface area is 282 Å². The van der Waals surface area contributed by atoms with Crippen molar-refractivity contribution in [2.75, 3.05) is 0 Å². The first-order chi connectivity index (χ1) is 23.3. The van der Waals surface area contributed by atoms with Crippen molar-refractivity contribution in [3.8, 4) is 0 Å². The first-order valence-electron chi connectivity index (χ1n) is 16.5. The number of hydrogen-bond acceptors (Lipinski definition) is 8. The zero-order valence-corrected chi connectivity index (χ0v) is 27.6. The van der Waals surface area contributed by atoms with Crippen LogP contribution in [0.5, 0.6) is 0 Å². The summed E-state index contributed by atoms with van der Waals surface area (Å²) in [4.78, 5) is 65.1. The van der Waals surface area contributed by atoms with Gasteiger partial charge < -0.3 is 24.8 Å². The highest BCUT2D eigenvalue weighted by molar-refractivity contribution is 5.93. The van der Waals surface area contributed by atoms with Crippen molar-refractivity contribution in [1.29, 1.82) is 0 Å². The van der Waals surface area contributed by atoms with Gasteiger partial charge in [0.1, 0.15) is 31.9 Å². The second-order valence-electron chi connectivity index (χ2n) is 11.5. The molecule has 0 saturated heterocycles. The van der Waals surface area contributed by atoms with Crippen LogP contribution in [0.3, 0.4) is 0 Å². The maximum atomic E-state index is 13.6. The maximum absolute atomic E-state index is 13.6. The monoisotopic (exact) mass is 658 g/mol. The average Bonchev–Trinajstić information content (AvgIpc) is 3.11. The molecule has 0 radical (unpaired) electrons. The van der Waals surface area contributed by atoms with Crippen LogP contribution in [0.1, 0.15) is 81.4 Å². The van der Waals surface area contributed by atoms with E-state index in [0.717, 1.165) is 42.4 Å². The normalized spacial score (nSPS) is 11.9. The topological polar surface area (TPSA) is 137 Å². The number of carbonyl (C=O) groups is 5. The van der Waals surface area contributed by atoms with Crippen LogP contribution in [0.15, 0.2) is 91.0 Å². The first kappa shape index (κ1) is 37.5. The molecule has 0 saturated carbocycles. The molecule has 3 rings (SSSR count). The molecule has 0 aromatic heterocycles. The third-order valence-electron chi connectivity index (χ3n) is 7.48. The van der Waals surface area contributed by atoms with Gasteiger partial charge in [0.25, 0.3) is 0 Å². The van der Waals surface area contributed by atoms with Gasteiger partial charge in [-0.2, -0.15) is 0 Å². The lowest BCUT2D eigenvalue weighted by atomic mass is 10.1. The largest absolute Gasteiger partial charge is 0.461 e. The highest BCUT2D eigenvalue weighted by atomic mass is 16.5. The van der Waals surface area contributed by atoms with E-state index in [4.69, 9.17) is 14.2 Å². The van der Waals surface area contributed by atoms with Crippen LogP contribution in [-0.2, 0) is 58.0 Å². The molecule has 3 aromatic rings. The molecule has 3 aromatic carbocycles. The predicted molar refractivity (Wildman–Crippen MR) is 180 cm³/mol. The lowest BCUT2D eigenvalue weighted by molar-refractivity contribution is -0.151. The Kier molecular flexibility index (Phi) is 17.0. The Morgan fingerprint density at radius 3 is 1.60 bits per heavy atom. The van der Waals surface area contributed by atoms with Crippen LogP contribution in [0, 0.1) is 0 Å². The van der Waals surface area contributed by atoms with E-state index in [2.05, 4.69) is 17.6 Å². The van der Waals surface area contributed by atoms with E-state index in [1.165, 1.54) is 0 Å². The van der Waals surface area contributed by atoms with Gasteiger partial charge in [-0.3, -0.25) is 19.2 Å². The molecule has 0 bridgehead atoms. The number of carbonyl (C=O) groups excluding carboxylic acids is 5. The molecule has 0 aliphatic rings. The Morgan fingerprint density at radius 1 is 0.562 bits per heavy atom. The zero-order valence-electron chi connectivity index (χ0n) is 27.6. The number of hydrogen-bond donors (Lipinski definition) is 2. The fraction of sp³-hybridized carbons (Fsp3) is 0.395. The highest BCUT2D eigenvalue weighted by Gasteiger charge is 2.30. The number of amides is 2. The number of benzene rings is 3. The van der Waals surface area contributed by atoms with Crippen molar-refractivity contribution in [3.63, 3.8) is 0 Å². The smallest absolute Gasteiger partial charge is 0.328 e. The van der Waals surface area contributed by atoms with E-state index in [9.17, 15) is 24.0 Å². The van der Waals surface area contributed by atoms with E-state index < -0.39 is 48.2 Å². The summed E-state index contributed by atoms with van der Waals surface area (Å²) in [5.74, 6) is -3.20. The Balaban J connectivity index is 1.67. The minimum atomic E-state index is -1.31. The summed E-state index contributed by atoms with van der Waals surface area (Å²) >= 11 is 0. The second-order valence-corrected chi connectivity index (χ2v) is 11.5. The van der Waals surface area contributed by atoms with Gasteiger partial charge in [0.2, 0.25) is 11.8 Å². The molecule has 0 aliphatic heterocycles. The van der Waals surface area contributed by atoms with Gasteiger partial charge in [-0.25, -0.2) is 4.79 Å². The average molecular weight is 659 g/mol. The third kappa shape index (κ3) is 15.1. The van der Waals surface area contributed by atoms with Crippen LogP contribution in [0.4, 0.5) is 0 Å². The minimum absolute atomic E-state index is 0.00107. The first-order valence-corrected chi connectivity index (χ1v) is 16.5. The molecule has 2 amide bonds. The fourth-order valence-electron chi connectivity index (χ4n) is 4.75. The molecule has 2 unspecified atom stereocenters. The Bertz CT molecular complexity index is 1420. The molecule has 0 fully saturated rings. The highest BCUT2D eigenvalue weighted by Crippen LogP contribution is 2.11. The Hall–Kier alpha value is -4.99. The van der Waals surface area contributed by atoms with Gasteiger partial charge in [-0.1, -0.05) is 124 Å². The number of rotatable bonds is 21. The summed E-state index contributed by atoms with van der Waals surface area (Å²) in [6.07, 6.45) is 4.06. The van der Waals surface area contributed by atoms with E-state index in [1.807, 2.05) is 54.6 Å². The number of unbranched alkanes of at least 4 members (excludes halogenated alkanes) is 4. The van der Waals surface area contributed by atoms with Crippen molar-refractivity contribution < 1.29 is 38.2 Å². The summed E-state index contributed by atoms with van der Waals surface area (Å²) in [6.45, 7) is 2.12. The summed E-state index contributed by atoms with van der Waals surface area (Å²) in [5.41, 5.74) is 2.31. The van der Waals surface area contributed by atoms with E-state index in [-0.39, 0.29) is 39.1 Å².